The molecule has 0 radical (unpaired) electrons. The third-order valence-corrected chi connectivity index (χ3v) is 2.65. The molecule has 4 heteroatoms. The van der Waals surface area contributed by atoms with Crippen LogP contribution >= 0.6 is 0 Å². The van der Waals surface area contributed by atoms with Crippen molar-refractivity contribution in [1.82, 2.24) is 0 Å². The Morgan fingerprint density at radius 2 is 2.06 bits per heavy atom. The van der Waals surface area contributed by atoms with E-state index in [1.165, 1.54) is 6.07 Å². The van der Waals surface area contributed by atoms with Crippen molar-refractivity contribution in [2.45, 2.75) is 0 Å². The highest BCUT2D eigenvalue weighted by molar-refractivity contribution is 6.01. The van der Waals surface area contributed by atoms with Gasteiger partial charge in [0.15, 0.2) is 0 Å². The molecular weight excluding hydrogens is 206 g/mol. The minimum Gasteiger partial charge on any atom is -0.464 e. The van der Waals surface area contributed by atoms with Crippen molar-refractivity contribution in [3.63, 3.8) is 0 Å². The second-order valence-electron chi connectivity index (χ2n) is 3.53. The number of nitro benzene ring substituents is 1. The topological polar surface area (TPSA) is 52.4 Å². The largest absolute Gasteiger partial charge is 0.464 e. The average molecular weight is 213 g/mol. The summed E-state index contributed by atoms with van der Waals surface area (Å²) in [5.41, 5.74) is 1.06. The normalized spacial score (nSPS) is 12.5. The van der Waals surface area contributed by atoms with Crippen LogP contribution in [-0.4, -0.2) is 4.92 Å². The van der Waals surface area contributed by atoms with E-state index in [2.05, 4.69) is 0 Å². The van der Waals surface area contributed by atoms with Gasteiger partial charge < -0.3 is 4.74 Å². The molecule has 1 heterocycles. The van der Waals surface area contributed by atoms with Gasteiger partial charge in [-0.25, -0.2) is 0 Å². The number of ether oxygens (including phenoxy) is 1. The molecule has 0 spiro atoms. The molecular formula is C12H7NO3. The van der Waals surface area contributed by atoms with E-state index >= 15 is 0 Å². The molecule has 16 heavy (non-hydrogen) atoms. The van der Waals surface area contributed by atoms with E-state index in [-0.39, 0.29) is 10.6 Å². The van der Waals surface area contributed by atoms with E-state index in [1.807, 2.05) is 12.1 Å². The Hall–Kier alpha value is -2.36. The Morgan fingerprint density at radius 3 is 2.88 bits per heavy atom. The highest BCUT2D eigenvalue weighted by Gasteiger charge is 2.17. The second-order valence-corrected chi connectivity index (χ2v) is 3.53. The van der Waals surface area contributed by atoms with E-state index in [0.717, 1.165) is 10.9 Å². The van der Waals surface area contributed by atoms with Gasteiger partial charge in [-0.2, -0.15) is 0 Å². The molecule has 0 saturated carbocycles. The molecule has 0 unspecified atom stereocenters. The highest BCUT2D eigenvalue weighted by Crippen LogP contribution is 2.37. The van der Waals surface area contributed by atoms with Gasteiger partial charge in [0, 0.05) is 11.5 Å². The molecule has 1 aliphatic rings. The first-order valence-corrected chi connectivity index (χ1v) is 4.81. The molecule has 0 aromatic heterocycles. The van der Waals surface area contributed by atoms with Gasteiger partial charge in [-0.3, -0.25) is 10.1 Å². The summed E-state index contributed by atoms with van der Waals surface area (Å²) in [6, 6.07) is 8.57. The summed E-state index contributed by atoms with van der Waals surface area (Å²) in [5, 5.41) is 12.3. The zero-order chi connectivity index (χ0) is 11.1. The van der Waals surface area contributed by atoms with Crippen molar-refractivity contribution in [1.29, 1.82) is 0 Å². The van der Waals surface area contributed by atoms with Crippen LogP contribution in [0.15, 0.2) is 36.6 Å². The standard InChI is InChI=1S/C12H7NO3/c14-13(15)10-4-5-11-12-8(6-7-16-11)2-1-3-9(10)12/h1-7H. The lowest BCUT2D eigenvalue weighted by Gasteiger charge is -2.12. The van der Waals surface area contributed by atoms with Crippen LogP contribution in [0.1, 0.15) is 5.56 Å². The van der Waals surface area contributed by atoms with E-state index in [0.29, 0.717) is 11.1 Å². The van der Waals surface area contributed by atoms with Crippen LogP contribution in [0.5, 0.6) is 5.75 Å². The molecule has 1 aliphatic heterocycles. The van der Waals surface area contributed by atoms with Crippen LogP contribution in [-0.2, 0) is 0 Å². The summed E-state index contributed by atoms with van der Waals surface area (Å²) >= 11 is 0. The Balaban J connectivity index is 2.49. The molecule has 0 fully saturated rings. The average Bonchev–Trinajstić information content (AvgIpc) is 2.30. The van der Waals surface area contributed by atoms with Crippen molar-refractivity contribution < 1.29 is 9.66 Å². The Labute approximate surface area is 90.9 Å². The first-order valence-electron chi connectivity index (χ1n) is 4.81. The van der Waals surface area contributed by atoms with Crippen LogP contribution in [0.4, 0.5) is 5.69 Å². The molecule has 4 nitrogen and oxygen atoms in total. The lowest BCUT2D eigenvalue weighted by atomic mass is 10.0. The van der Waals surface area contributed by atoms with Gasteiger partial charge in [0.2, 0.25) is 0 Å². The van der Waals surface area contributed by atoms with Gasteiger partial charge in [-0.1, -0.05) is 12.1 Å². The Kier molecular flexibility index (Phi) is 1.71. The van der Waals surface area contributed by atoms with E-state index in [9.17, 15) is 10.1 Å². The van der Waals surface area contributed by atoms with Gasteiger partial charge >= 0.3 is 0 Å². The van der Waals surface area contributed by atoms with Crippen LogP contribution < -0.4 is 4.74 Å². The Bertz CT molecular complexity index is 631. The van der Waals surface area contributed by atoms with Gasteiger partial charge in [0.1, 0.15) is 5.75 Å². The van der Waals surface area contributed by atoms with Gasteiger partial charge in [0.05, 0.1) is 16.6 Å². The number of nitrogens with zero attached hydrogens (tertiary/aromatic N) is 1. The number of hydrogen-bond acceptors (Lipinski definition) is 3. The highest BCUT2D eigenvalue weighted by atomic mass is 16.6. The minimum absolute atomic E-state index is 0.111. The summed E-state index contributed by atoms with van der Waals surface area (Å²) in [6.07, 6.45) is 3.39. The Morgan fingerprint density at radius 1 is 1.19 bits per heavy atom. The van der Waals surface area contributed by atoms with Crippen LogP contribution in [0, 0.1) is 10.1 Å². The molecule has 0 N–H and O–H groups in total. The van der Waals surface area contributed by atoms with Gasteiger partial charge in [-0.15, -0.1) is 0 Å². The van der Waals surface area contributed by atoms with Crippen molar-refractivity contribution >= 4 is 22.5 Å². The molecule has 0 aliphatic carbocycles. The first-order chi connectivity index (χ1) is 7.77. The van der Waals surface area contributed by atoms with Crippen LogP contribution in [0.2, 0.25) is 0 Å². The molecule has 0 bridgehead atoms. The van der Waals surface area contributed by atoms with Crippen molar-refractivity contribution in [2.24, 2.45) is 0 Å². The van der Waals surface area contributed by atoms with Crippen LogP contribution in [0.3, 0.4) is 0 Å². The first kappa shape index (κ1) is 8.91. The van der Waals surface area contributed by atoms with Crippen molar-refractivity contribution in [3.8, 4) is 5.75 Å². The molecule has 78 valence electrons. The smallest absolute Gasteiger partial charge is 0.277 e. The molecule has 0 amide bonds. The predicted molar refractivity (Wildman–Crippen MR) is 60.3 cm³/mol. The van der Waals surface area contributed by atoms with Crippen molar-refractivity contribution in [2.75, 3.05) is 0 Å². The number of rotatable bonds is 1. The summed E-state index contributed by atoms with van der Waals surface area (Å²) in [7, 11) is 0. The molecule has 2 aromatic carbocycles. The summed E-state index contributed by atoms with van der Waals surface area (Å²) in [4.78, 5) is 10.5. The summed E-state index contributed by atoms with van der Waals surface area (Å²) in [5.74, 6) is 0.665. The molecule has 0 saturated heterocycles. The zero-order valence-electron chi connectivity index (χ0n) is 8.21. The zero-order valence-corrected chi connectivity index (χ0v) is 8.21. The summed E-state index contributed by atoms with van der Waals surface area (Å²) in [6.45, 7) is 0. The quantitative estimate of drug-likeness (QED) is 0.540. The fraction of sp³-hybridized carbons (Fsp3) is 0. The number of hydrogen-bond donors (Lipinski definition) is 0. The second kappa shape index (κ2) is 3.06. The van der Waals surface area contributed by atoms with Crippen molar-refractivity contribution in [3.05, 3.63) is 52.3 Å². The third-order valence-electron chi connectivity index (χ3n) is 2.65. The minimum atomic E-state index is -0.374. The number of benzene rings is 2. The lowest BCUT2D eigenvalue weighted by Crippen LogP contribution is -1.95. The maximum absolute atomic E-state index is 10.9. The van der Waals surface area contributed by atoms with Crippen LogP contribution in [0.25, 0.3) is 16.8 Å². The van der Waals surface area contributed by atoms with Gasteiger partial charge in [-0.05, 0) is 23.8 Å². The number of nitro groups is 1. The fourth-order valence-corrected chi connectivity index (χ4v) is 1.96. The maximum Gasteiger partial charge on any atom is 0.277 e. The molecule has 0 atom stereocenters. The predicted octanol–water partition coefficient (Wildman–Crippen LogP) is 3.11. The SMILES string of the molecule is O=[N+]([O-])c1ccc2c3c(cccc13)C=CO2. The lowest BCUT2D eigenvalue weighted by molar-refractivity contribution is -0.383. The molecule has 3 rings (SSSR count). The van der Waals surface area contributed by atoms with E-state index in [4.69, 9.17) is 4.74 Å². The third kappa shape index (κ3) is 1.10. The van der Waals surface area contributed by atoms with Gasteiger partial charge in [0.25, 0.3) is 5.69 Å². The van der Waals surface area contributed by atoms with E-state index < -0.39 is 0 Å². The van der Waals surface area contributed by atoms with E-state index in [1.54, 1.807) is 24.5 Å². The molecule has 2 aromatic rings. The summed E-state index contributed by atoms with van der Waals surface area (Å²) < 4.78 is 5.33. The number of non-ortho nitro benzene ring substituents is 1. The monoisotopic (exact) mass is 213 g/mol. The maximum atomic E-state index is 10.9. The fourth-order valence-electron chi connectivity index (χ4n) is 1.96.